The zero-order chi connectivity index (χ0) is 10.8. The fraction of sp³-hybridized carbons (Fsp3) is 0.308. The molecular weight excluding hydrogens is 200 g/mol. The highest BCUT2D eigenvalue weighted by atomic mass is 16.5. The summed E-state index contributed by atoms with van der Waals surface area (Å²) in [6, 6.07) is 10.4. The Kier molecular flexibility index (Phi) is 2.46. The number of rotatable bonds is 1. The Morgan fingerprint density at radius 2 is 1.94 bits per heavy atom. The maximum atomic E-state index is 5.35. The van der Waals surface area contributed by atoms with Gasteiger partial charge in [0, 0.05) is 18.5 Å². The number of benzene rings is 1. The Morgan fingerprint density at radius 3 is 2.81 bits per heavy atom. The minimum absolute atomic E-state index is 0.812. The van der Waals surface area contributed by atoms with Crippen LogP contribution in [-0.2, 0) is 4.74 Å². The molecule has 1 aromatic carbocycles. The summed E-state index contributed by atoms with van der Waals surface area (Å²) in [7, 11) is 0. The Morgan fingerprint density at radius 1 is 1.12 bits per heavy atom. The third-order valence-corrected chi connectivity index (χ3v) is 2.95. The van der Waals surface area contributed by atoms with E-state index in [1.807, 2.05) is 24.4 Å². The van der Waals surface area contributed by atoms with Crippen molar-refractivity contribution in [1.82, 2.24) is 4.98 Å². The zero-order valence-corrected chi connectivity index (χ0v) is 9.10. The number of nitrogens with zero attached hydrogens (tertiary/aromatic N) is 2. The van der Waals surface area contributed by atoms with Gasteiger partial charge in [-0.3, -0.25) is 4.98 Å². The van der Waals surface area contributed by atoms with Crippen molar-refractivity contribution in [3.05, 3.63) is 36.5 Å². The number of ether oxygens (including phenoxy) is 1. The van der Waals surface area contributed by atoms with Gasteiger partial charge in [0.15, 0.2) is 0 Å². The lowest BCUT2D eigenvalue weighted by molar-refractivity contribution is 0.122. The van der Waals surface area contributed by atoms with Crippen molar-refractivity contribution in [2.45, 2.75) is 0 Å². The van der Waals surface area contributed by atoms with Gasteiger partial charge < -0.3 is 9.64 Å². The van der Waals surface area contributed by atoms with Gasteiger partial charge in [-0.15, -0.1) is 0 Å². The summed E-state index contributed by atoms with van der Waals surface area (Å²) in [6.07, 6.45) is 1.95. The van der Waals surface area contributed by atoms with Gasteiger partial charge in [-0.25, -0.2) is 0 Å². The molecule has 1 saturated heterocycles. The number of pyridine rings is 1. The van der Waals surface area contributed by atoms with Crippen LogP contribution in [0.1, 0.15) is 0 Å². The molecule has 0 atom stereocenters. The van der Waals surface area contributed by atoms with Crippen LogP contribution < -0.4 is 4.90 Å². The molecule has 0 amide bonds. The second kappa shape index (κ2) is 4.10. The van der Waals surface area contributed by atoms with E-state index in [-0.39, 0.29) is 0 Å². The number of hydrogen-bond donors (Lipinski definition) is 0. The molecule has 1 aliphatic rings. The van der Waals surface area contributed by atoms with Gasteiger partial charge in [-0.1, -0.05) is 18.2 Å². The first-order valence-corrected chi connectivity index (χ1v) is 5.61. The first-order chi connectivity index (χ1) is 7.93. The van der Waals surface area contributed by atoms with Gasteiger partial charge in [0.05, 0.1) is 30.6 Å². The predicted molar refractivity (Wildman–Crippen MR) is 64.8 cm³/mol. The van der Waals surface area contributed by atoms with Crippen molar-refractivity contribution in [1.29, 1.82) is 0 Å². The van der Waals surface area contributed by atoms with Crippen LogP contribution in [0.15, 0.2) is 36.5 Å². The molecule has 0 saturated carbocycles. The van der Waals surface area contributed by atoms with Gasteiger partial charge in [0.25, 0.3) is 0 Å². The van der Waals surface area contributed by atoms with Crippen LogP contribution in [0.2, 0.25) is 0 Å². The number of aromatic nitrogens is 1. The molecular formula is C13H14N2O. The number of morpholine rings is 1. The van der Waals surface area contributed by atoms with Gasteiger partial charge in [0.1, 0.15) is 0 Å². The summed E-state index contributed by atoms with van der Waals surface area (Å²) in [6.45, 7) is 3.54. The molecule has 0 bridgehead atoms. The molecule has 0 spiro atoms. The molecule has 0 aliphatic carbocycles. The first kappa shape index (κ1) is 9.60. The highest BCUT2D eigenvalue weighted by Gasteiger charge is 2.11. The fourth-order valence-corrected chi connectivity index (χ4v) is 2.05. The molecule has 2 aromatic rings. The SMILES string of the molecule is c1ccc2ncc(N3CCOCC3)cc2c1. The van der Waals surface area contributed by atoms with Gasteiger partial charge in [-0.05, 0) is 12.1 Å². The van der Waals surface area contributed by atoms with Crippen molar-refractivity contribution in [2.75, 3.05) is 31.2 Å². The Hall–Kier alpha value is -1.61. The van der Waals surface area contributed by atoms with E-state index in [0.29, 0.717) is 0 Å². The molecule has 2 heterocycles. The van der Waals surface area contributed by atoms with Crippen LogP contribution in [0.5, 0.6) is 0 Å². The molecule has 3 rings (SSSR count). The fourth-order valence-electron chi connectivity index (χ4n) is 2.05. The van der Waals surface area contributed by atoms with E-state index in [0.717, 1.165) is 31.8 Å². The average Bonchev–Trinajstić information content (AvgIpc) is 2.39. The van der Waals surface area contributed by atoms with Crippen LogP contribution in [0.3, 0.4) is 0 Å². The molecule has 1 aliphatic heterocycles. The summed E-state index contributed by atoms with van der Waals surface area (Å²) in [5.74, 6) is 0. The highest BCUT2D eigenvalue weighted by Crippen LogP contribution is 2.20. The minimum atomic E-state index is 0.812. The van der Waals surface area contributed by atoms with Gasteiger partial charge >= 0.3 is 0 Å². The molecule has 0 unspecified atom stereocenters. The predicted octanol–water partition coefficient (Wildman–Crippen LogP) is 2.07. The molecule has 1 aromatic heterocycles. The number of hydrogen-bond acceptors (Lipinski definition) is 3. The molecule has 3 heteroatoms. The molecule has 82 valence electrons. The van der Waals surface area contributed by atoms with E-state index in [9.17, 15) is 0 Å². The van der Waals surface area contributed by atoms with Crippen LogP contribution in [0.25, 0.3) is 10.9 Å². The molecule has 3 nitrogen and oxygen atoms in total. The van der Waals surface area contributed by atoms with Crippen molar-refractivity contribution >= 4 is 16.6 Å². The third kappa shape index (κ3) is 1.74. The highest BCUT2D eigenvalue weighted by molar-refractivity contribution is 5.81. The standard InChI is InChI=1S/C13H14N2O/c1-2-4-13-11(3-1)9-12(10-14-13)15-5-7-16-8-6-15/h1-4,9-10H,5-8H2. The van der Waals surface area contributed by atoms with Crippen LogP contribution in [0, 0.1) is 0 Å². The largest absolute Gasteiger partial charge is 0.378 e. The lowest BCUT2D eigenvalue weighted by Crippen LogP contribution is -2.36. The van der Waals surface area contributed by atoms with Crippen molar-refractivity contribution < 1.29 is 4.74 Å². The second-order valence-corrected chi connectivity index (χ2v) is 3.99. The second-order valence-electron chi connectivity index (χ2n) is 3.99. The molecule has 0 radical (unpaired) electrons. The summed E-state index contributed by atoms with van der Waals surface area (Å²) < 4.78 is 5.35. The van der Waals surface area contributed by atoms with E-state index >= 15 is 0 Å². The first-order valence-electron chi connectivity index (χ1n) is 5.61. The monoisotopic (exact) mass is 214 g/mol. The lowest BCUT2D eigenvalue weighted by atomic mass is 10.2. The number of fused-ring (bicyclic) bond motifs is 1. The van der Waals surface area contributed by atoms with E-state index in [1.54, 1.807) is 0 Å². The average molecular weight is 214 g/mol. The third-order valence-electron chi connectivity index (χ3n) is 2.95. The molecule has 1 fully saturated rings. The summed E-state index contributed by atoms with van der Waals surface area (Å²) in [5.41, 5.74) is 2.25. The van der Waals surface area contributed by atoms with Crippen molar-refractivity contribution in [2.24, 2.45) is 0 Å². The number of anilines is 1. The van der Waals surface area contributed by atoms with Gasteiger partial charge in [-0.2, -0.15) is 0 Å². The zero-order valence-electron chi connectivity index (χ0n) is 9.10. The Balaban J connectivity index is 1.97. The number of para-hydroxylation sites is 1. The summed E-state index contributed by atoms with van der Waals surface area (Å²) in [5, 5.41) is 1.20. The van der Waals surface area contributed by atoms with E-state index in [2.05, 4.69) is 22.0 Å². The Bertz CT molecular complexity index is 492. The lowest BCUT2D eigenvalue weighted by Gasteiger charge is -2.28. The smallest absolute Gasteiger partial charge is 0.0703 e. The van der Waals surface area contributed by atoms with E-state index in [1.165, 1.54) is 11.1 Å². The van der Waals surface area contributed by atoms with Crippen LogP contribution in [-0.4, -0.2) is 31.3 Å². The molecule has 16 heavy (non-hydrogen) atoms. The maximum Gasteiger partial charge on any atom is 0.0703 e. The quantitative estimate of drug-likeness (QED) is 0.726. The van der Waals surface area contributed by atoms with Crippen molar-refractivity contribution in [3.8, 4) is 0 Å². The normalized spacial score (nSPS) is 16.6. The minimum Gasteiger partial charge on any atom is -0.378 e. The summed E-state index contributed by atoms with van der Waals surface area (Å²) >= 11 is 0. The maximum absolute atomic E-state index is 5.35. The topological polar surface area (TPSA) is 25.4 Å². The van der Waals surface area contributed by atoms with Crippen LogP contribution >= 0.6 is 0 Å². The van der Waals surface area contributed by atoms with Gasteiger partial charge in [0.2, 0.25) is 0 Å². The summed E-state index contributed by atoms with van der Waals surface area (Å²) in [4.78, 5) is 6.80. The van der Waals surface area contributed by atoms with E-state index < -0.39 is 0 Å². The Labute approximate surface area is 94.7 Å². The van der Waals surface area contributed by atoms with E-state index in [4.69, 9.17) is 4.74 Å². The molecule has 0 N–H and O–H groups in total. The van der Waals surface area contributed by atoms with Crippen LogP contribution in [0.4, 0.5) is 5.69 Å². The van der Waals surface area contributed by atoms with Crippen molar-refractivity contribution in [3.63, 3.8) is 0 Å².